The van der Waals surface area contributed by atoms with Crippen molar-refractivity contribution in [3.8, 4) is 0 Å². The fraction of sp³-hybridized carbons (Fsp3) is 0.909. The van der Waals surface area contributed by atoms with Crippen molar-refractivity contribution in [3.63, 3.8) is 0 Å². The zero-order valence-corrected chi connectivity index (χ0v) is 10.4. The van der Waals surface area contributed by atoms with Crippen LogP contribution in [0.2, 0.25) is 0 Å². The minimum atomic E-state index is 0.258. The van der Waals surface area contributed by atoms with Crippen LogP contribution in [0.15, 0.2) is 0 Å². The van der Waals surface area contributed by atoms with E-state index in [1.807, 2.05) is 0 Å². The molecule has 0 radical (unpaired) electrons. The van der Waals surface area contributed by atoms with Gasteiger partial charge in [-0.15, -0.1) is 0 Å². The molecule has 0 rings (SSSR count). The van der Waals surface area contributed by atoms with Gasteiger partial charge in [0.2, 0.25) is 0 Å². The van der Waals surface area contributed by atoms with Crippen molar-refractivity contribution in [1.82, 2.24) is 4.90 Å². The van der Waals surface area contributed by atoms with E-state index < -0.39 is 0 Å². The molecule has 0 amide bonds. The van der Waals surface area contributed by atoms with Crippen molar-refractivity contribution in [2.45, 2.75) is 33.2 Å². The summed E-state index contributed by atoms with van der Waals surface area (Å²) >= 11 is 0. The van der Waals surface area contributed by atoms with Crippen LogP contribution in [0, 0.1) is 11.3 Å². The molecule has 0 heterocycles. The van der Waals surface area contributed by atoms with Crippen LogP contribution in [0.3, 0.4) is 0 Å². The smallest absolute Gasteiger partial charge is 0.0918 e. The van der Waals surface area contributed by atoms with Gasteiger partial charge in [0.05, 0.1) is 12.4 Å². The lowest BCUT2D eigenvalue weighted by atomic mass is 10.1. The summed E-state index contributed by atoms with van der Waals surface area (Å²) in [6.45, 7) is 9.13. The van der Waals surface area contributed by atoms with E-state index >= 15 is 0 Å². The molecule has 1 atom stereocenters. The van der Waals surface area contributed by atoms with Gasteiger partial charge in [0.15, 0.2) is 0 Å². The van der Waals surface area contributed by atoms with Gasteiger partial charge in [-0.05, 0) is 12.8 Å². The van der Waals surface area contributed by atoms with Gasteiger partial charge in [0.1, 0.15) is 0 Å². The molecule has 0 saturated carbocycles. The highest BCUT2D eigenvalue weighted by molar-refractivity contribution is 5.76. The van der Waals surface area contributed by atoms with E-state index in [2.05, 4.69) is 25.7 Å². The predicted octanol–water partition coefficient (Wildman–Crippen LogP) is 1.31. The molecule has 90 valence electrons. The minimum Gasteiger partial charge on any atom is -0.388 e. The number of hydrogen-bond donors (Lipinski definition) is 2. The van der Waals surface area contributed by atoms with Crippen molar-refractivity contribution in [2.75, 3.05) is 26.8 Å². The van der Waals surface area contributed by atoms with E-state index in [4.69, 9.17) is 15.9 Å². The average molecular weight is 215 g/mol. The summed E-state index contributed by atoms with van der Waals surface area (Å²) in [7, 11) is 1.72. The number of nitrogens with one attached hydrogen (secondary N) is 1. The lowest BCUT2D eigenvalue weighted by Crippen LogP contribution is -2.40. The van der Waals surface area contributed by atoms with Crippen LogP contribution in [0.4, 0.5) is 0 Å². The maximum absolute atomic E-state index is 7.23. The number of hydrogen-bond acceptors (Lipinski definition) is 3. The van der Waals surface area contributed by atoms with Crippen molar-refractivity contribution in [3.05, 3.63) is 0 Å². The Hall–Kier alpha value is -0.610. The second-order valence-corrected chi connectivity index (χ2v) is 4.47. The molecule has 0 aromatic rings. The third-order valence-electron chi connectivity index (χ3n) is 2.30. The average Bonchev–Trinajstić information content (AvgIpc) is 2.11. The Morgan fingerprint density at radius 3 is 2.40 bits per heavy atom. The van der Waals surface area contributed by atoms with E-state index in [0.29, 0.717) is 18.4 Å². The molecule has 0 aromatic carbocycles. The minimum absolute atomic E-state index is 0.258. The normalized spacial score (nSPS) is 13.5. The largest absolute Gasteiger partial charge is 0.388 e. The first kappa shape index (κ1) is 14.4. The highest BCUT2D eigenvalue weighted by Gasteiger charge is 2.14. The molecule has 0 aliphatic carbocycles. The van der Waals surface area contributed by atoms with Gasteiger partial charge in [-0.3, -0.25) is 10.3 Å². The standard InChI is InChI=1S/C11H25N3O/c1-9(2)7-14(6-5-11(12)13)10(3)8-15-4/h9-10H,5-8H2,1-4H3,(H3,12,13). The van der Waals surface area contributed by atoms with Gasteiger partial charge in [-0.1, -0.05) is 13.8 Å². The van der Waals surface area contributed by atoms with E-state index in [0.717, 1.165) is 19.7 Å². The van der Waals surface area contributed by atoms with Crippen LogP contribution in [0.5, 0.6) is 0 Å². The zero-order chi connectivity index (χ0) is 11.8. The van der Waals surface area contributed by atoms with Crippen LogP contribution in [-0.4, -0.2) is 43.6 Å². The van der Waals surface area contributed by atoms with Crippen molar-refractivity contribution >= 4 is 5.84 Å². The van der Waals surface area contributed by atoms with Crippen molar-refractivity contribution in [1.29, 1.82) is 5.41 Å². The molecule has 0 bridgehead atoms. The number of methoxy groups -OCH3 is 1. The number of amidine groups is 1. The summed E-state index contributed by atoms with van der Waals surface area (Å²) in [5, 5.41) is 7.23. The summed E-state index contributed by atoms with van der Waals surface area (Å²) < 4.78 is 5.15. The Morgan fingerprint density at radius 1 is 1.40 bits per heavy atom. The van der Waals surface area contributed by atoms with Gasteiger partial charge in [-0.2, -0.15) is 0 Å². The first-order chi connectivity index (χ1) is 6.97. The van der Waals surface area contributed by atoms with Crippen LogP contribution in [0.1, 0.15) is 27.2 Å². The Balaban J connectivity index is 4.10. The third kappa shape index (κ3) is 7.33. The topological polar surface area (TPSA) is 62.3 Å². The number of nitrogens with two attached hydrogens (primary N) is 1. The number of rotatable bonds is 8. The van der Waals surface area contributed by atoms with E-state index in [9.17, 15) is 0 Å². The van der Waals surface area contributed by atoms with E-state index in [-0.39, 0.29) is 5.84 Å². The van der Waals surface area contributed by atoms with E-state index in [1.165, 1.54) is 0 Å². The monoisotopic (exact) mass is 215 g/mol. The van der Waals surface area contributed by atoms with E-state index in [1.54, 1.807) is 7.11 Å². The number of ether oxygens (including phenoxy) is 1. The quantitative estimate of drug-likeness (QED) is 0.474. The molecule has 0 aromatic heterocycles. The molecule has 1 unspecified atom stereocenters. The molecule has 0 fully saturated rings. The molecule has 0 spiro atoms. The summed E-state index contributed by atoms with van der Waals surface area (Å²) in [5.41, 5.74) is 5.37. The first-order valence-electron chi connectivity index (χ1n) is 5.53. The van der Waals surface area contributed by atoms with Crippen LogP contribution < -0.4 is 5.73 Å². The Morgan fingerprint density at radius 2 is 2.00 bits per heavy atom. The molecule has 4 nitrogen and oxygen atoms in total. The molecular formula is C11H25N3O. The zero-order valence-electron chi connectivity index (χ0n) is 10.4. The second kappa shape index (κ2) is 7.65. The first-order valence-corrected chi connectivity index (χ1v) is 5.53. The Labute approximate surface area is 93.3 Å². The van der Waals surface area contributed by atoms with Crippen LogP contribution in [-0.2, 0) is 4.74 Å². The molecule has 0 saturated heterocycles. The summed E-state index contributed by atoms with van der Waals surface area (Å²) in [5.74, 6) is 0.879. The van der Waals surface area contributed by atoms with Crippen LogP contribution in [0.25, 0.3) is 0 Å². The van der Waals surface area contributed by atoms with Crippen molar-refractivity contribution < 1.29 is 4.74 Å². The molecule has 0 aliphatic rings. The molecule has 4 heteroatoms. The SMILES string of the molecule is COCC(C)N(CCC(=N)N)CC(C)C. The third-order valence-corrected chi connectivity index (χ3v) is 2.30. The molecule has 3 N–H and O–H groups in total. The predicted molar refractivity (Wildman–Crippen MR) is 64.3 cm³/mol. The lowest BCUT2D eigenvalue weighted by molar-refractivity contribution is 0.0931. The van der Waals surface area contributed by atoms with Gasteiger partial charge >= 0.3 is 0 Å². The molecular weight excluding hydrogens is 190 g/mol. The van der Waals surface area contributed by atoms with Gasteiger partial charge < -0.3 is 10.5 Å². The highest BCUT2D eigenvalue weighted by Crippen LogP contribution is 2.05. The maximum Gasteiger partial charge on any atom is 0.0918 e. The van der Waals surface area contributed by atoms with Gasteiger partial charge in [-0.25, -0.2) is 0 Å². The summed E-state index contributed by atoms with van der Waals surface area (Å²) in [6, 6.07) is 0.386. The van der Waals surface area contributed by atoms with Gasteiger partial charge in [0.25, 0.3) is 0 Å². The maximum atomic E-state index is 7.23. The van der Waals surface area contributed by atoms with Crippen molar-refractivity contribution in [2.24, 2.45) is 11.7 Å². The van der Waals surface area contributed by atoms with Crippen LogP contribution >= 0.6 is 0 Å². The molecule has 15 heavy (non-hydrogen) atoms. The second-order valence-electron chi connectivity index (χ2n) is 4.47. The summed E-state index contributed by atoms with van der Waals surface area (Å²) in [6.07, 6.45) is 0.640. The summed E-state index contributed by atoms with van der Waals surface area (Å²) in [4.78, 5) is 2.33. The Kier molecular flexibility index (Phi) is 7.34. The number of nitrogens with zero attached hydrogens (tertiary/aromatic N) is 1. The molecule has 0 aliphatic heterocycles. The lowest BCUT2D eigenvalue weighted by Gasteiger charge is -2.30. The fourth-order valence-electron chi connectivity index (χ4n) is 1.57. The van der Waals surface area contributed by atoms with Gasteiger partial charge in [0, 0.05) is 32.7 Å². The fourth-order valence-corrected chi connectivity index (χ4v) is 1.57. The Bertz CT molecular complexity index is 183. The highest BCUT2D eigenvalue weighted by atomic mass is 16.5.